The van der Waals surface area contributed by atoms with E-state index in [2.05, 4.69) is 38.9 Å². The quantitative estimate of drug-likeness (QED) is 0.437. The number of aromatic nitrogens is 1. The second-order valence-electron chi connectivity index (χ2n) is 7.80. The summed E-state index contributed by atoms with van der Waals surface area (Å²) < 4.78 is 16.3. The first-order chi connectivity index (χ1) is 14.1. The number of esters is 1. The minimum absolute atomic E-state index is 0.175. The van der Waals surface area contributed by atoms with Crippen LogP contribution < -0.4 is 9.47 Å². The van der Waals surface area contributed by atoms with Crippen molar-refractivity contribution in [1.29, 1.82) is 0 Å². The lowest BCUT2D eigenvalue weighted by atomic mass is 9.80. The van der Waals surface area contributed by atoms with Gasteiger partial charge >= 0.3 is 12.4 Å². The maximum atomic E-state index is 12.0. The summed E-state index contributed by atoms with van der Waals surface area (Å²) in [4.78, 5) is 28.9. The molecule has 2 aromatic rings. The summed E-state index contributed by atoms with van der Waals surface area (Å²) in [5.74, 6) is 0.772. The number of rotatable bonds is 5. The van der Waals surface area contributed by atoms with Gasteiger partial charge in [0.15, 0.2) is 11.9 Å². The summed E-state index contributed by atoms with van der Waals surface area (Å²) in [7, 11) is 0. The molecule has 1 aromatic carbocycles. The van der Waals surface area contributed by atoms with Crippen LogP contribution in [0.25, 0.3) is 0 Å². The Labute approximate surface area is 169 Å². The monoisotopic (exact) mass is 396 g/mol. The fourth-order valence-corrected chi connectivity index (χ4v) is 3.76. The summed E-state index contributed by atoms with van der Waals surface area (Å²) in [5.41, 5.74) is 1.67. The molecule has 3 heterocycles. The normalized spacial score (nSPS) is 20.7. The van der Waals surface area contributed by atoms with Crippen LogP contribution in [0.5, 0.6) is 11.6 Å². The molecule has 0 aliphatic carbocycles. The van der Waals surface area contributed by atoms with Crippen molar-refractivity contribution in [2.75, 3.05) is 19.7 Å². The van der Waals surface area contributed by atoms with E-state index in [4.69, 9.17) is 9.47 Å². The standard InChI is InChI=1S/C22H24N2O5/c1-22(21(26)28-15-25)8-11-24(12-9-22)13-16-4-6-17(7-5-16)19-14-27-18-3-2-10-23-20(18)29-19/h2-7,10,15,19H,8-9,11-14H2,1H3. The topological polar surface area (TPSA) is 78.0 Å². The van der Waals surface area contributed by atoms with E-state index in [-0.39, 0.29) is 12.6 Å². The third kappa shape index (κ3) is 4.24. The zero-order valence-corrected chi connectivity index (χ0v) is 16.4. The first kappa shape index (κ1) is 19.4. The van der Waals surface area contributed by atoms with Gasteiger partial charge in [-0.05, 0) is 56.1 Å². The van der Waals surface area contributed by atoms with Crippen LogP contribution in [0.15, 0.2) is 42.6 Å². The minimum Gasteiger partial charge on any atom is -0.484 e. The average Bonchev–Trinajstić information content (AvgIpc) is 2.76. The summed E-state index contributed by atoms with van der Waals surface area (Å²) in [5, 5.41) is 0. The summed E-state index contributed by atoms with van der Waals surface area (Å²) in [6, 6.07) is 12.0. The molecule has 4 rings (SSSR count). The van der Waals surface area contributed by atoms with Crippen molar-refractivity contribution >= 4 is 12.4 Å². The van der Waals surface area contributed by atoms with E-state index in [0.29, 0.717) is 31.1 Å². The lowest BCUT2D eigenvalue weighted by Crippen LogP contribution is -2.43. The minimum atomic E-state index is -0.579. The Bertz CT molecular complexity index is 875. The van der Waals surface area contributed by atoms with E-state index < -0.39 is 11.4 Å². The molecule has 1 aromatic heterocycles. The Kier molecular flexibility index (Phi) is 5.49. The van der Waals surface area contributed by atoms with Gasteiger partial charge in [-0.25, -0.2) is 4.98 Å². The number of nitrogens with zero attached hydrogens (tertiary/aromatic N) is 2. The van der Waals surface area contributed by atoms with Crippen LogP contribution >= 0.6 is 0 Å². The second-order valence-corrected chi connectivity index (χ2v) is 7.80. The highest BCUT2D eigenvalue weighted by atomic mass is 16.6. The predicted octanol–water partition coefficient (Wildman–Crippen LogP) is 2.90. The molecule has 0 saturated carbocycles. The number of pyridine rings is 1. The van der Waals surface area contributed by atoms with Crippen LogP contribution in [0.4, 0.5) is 0 Å². The molecule has 29 heavy (non-hydrogen) atoms. The van der Waals surface area contributed by atoms with Crippen molar-refractivity contribution in [2.45, 2.75) is 32.4 Å². The van der Waals surface area contributed by atoms with Gasteiger partial charge in [-0.15, -0.1) is 0 Å². The van der Waals surface area contributed by atoms with Crippen LogP contribution in [0, 0.1) is 5.41 Å². The number of benzene rings is 1. The molecule has 1 atom stereocenters. The molecular formula is C22H24N2O5. The Balaban J connectivity index is 1.33. The van der Waals surface area contributed by atoms with E-state index in [1.165, 1.54) is 5.56 Å². The van der Waals surface area contributed by atoms with Crippen molar-refractivity contribution in [1.82, 2.24) is 9.88 Å². The summed E-state index contributed by atoms with van der Waals surface area (Å²) in [6.07, 6.45) is 2.87. The Morgan fingerprint density at radius 3 is 2.76 bits per heavy atom. The fourth-order valence-electron chi connectivity index (χ4n) is 3.76. The van der Waals surface area contributed by atoms with Crippen LogP contribution in [-0.4, -0.2) is 42.0 Å². The fraction of sp³-hybridized carbons (Fsp3) is 0.409. The number of carbonyl (C=O) groups excluding carboxylic acids is 2. The third-order valence-electron chi connectivity index (χ3n) is 5.75. The molecule has 0 N–H and O–H groups in total. The lowest BCUT2D eigenvalue weighted by Gasteiger charge is -2.37. The van der Waals surface area contributed by atoms with Gasteiger partial charge in [0.1, 0.15) is 6.61 Å². The van der Waals surface area contributed by atoms with Gasteiger partial charge < -0.3 is 14.2 Å². The van der Waals surface area contributed by atoms with Crippen LogP contribution in [0.2, 0.25) is 0 Å². The molecule has 7 nitrogen and oxygen atoms in total. The first-order valence-electron chi connectivity index (χ1n) is 9.78. The zero-order valence-electron chi connectivity index (χ0n) is 16.4. The third-order valence-corrected chi connectivity index (χ3v) is 5.75. The zero-order chi connectivity index (χ0) is 20.3. The number of hydrogen-bond donors (Lipinski definition) is 0. The van der Waals surface area contributed by atoms with E-state index in [1.54, 1.807) is 6.20 Å². The molecule has 152 valence electrons. The molecule has 2 aliphatic heterocycles. The highest BCUT2D eigenvalue weighted by molar-refractivity contribution is 5.81. The summed E-state index contributed by atoms with van der Waals surface area (Å²) >= 11 is 0. The molecule has 0 spiro atoms. The van der Waals surface area contributed by atoms with E-state index in [1.807, 2.05) is 19.1 Å². The summed E-state index contributed by atoms with van der Waals surface area (Å²) in [6.45, 7) is 4.93. The lowest BCUT2D eigenvalue weighted by molar-refractivity contribution is -0.162. The second kappa shape index (κ2) is 8.21. The van der Waals surface area contributed by atoms with Crippen molar-refractivity contribution in [2.24, 2.45) is 5.41 Å². The van der Waals surface area contributed by atoms with Crippen LogP contribution in [0.1, 0.15) is 37.0 Å². The highest BCUT2D eigenvalue weighted by Crippen LogP contribution is 2.35. The van der Waals surface area contributed by atoms with Gasteiger partial charge in [-0.3, -0.25) is 14.5 Å². The smallest absolute Gasteiger partial charge is 0.319 e. The molecule has 7 heteroatoms. The molecule has 0 bridgehead atoms. The van der Waals surface area contributed by atoms with E-state index >= 15 is 0 Å². The van der Waals surface area contributed by atoms with Gasteiger partial charge in [0.25, 0.3) is 5.88 Å². The first-order valence-corrected chi connectivity index (χ1v) is 9.78. The number of carbonyl (C=O) groups is 2. The van der Waals surface area contributed by atoms with Gasteiger partial charge in [0.2, 0.25) is 0 Å². The molecular weight excluding hydrogens is 372 g/mol. The van der Waals surface area contributed by atoms with Gasteiger partial charge in [0, 0.05) is 12.7 Å². The van der Waals surface area contributed by atoms with Crippen molar-refractivity contribution in [3.8, 4) is 11.6 Å². The number of fused-ring (bicyclic) bond motifs is 1. The van der Waals surface area contributed by atoms with Gasteiger partial charge in [0.05, 0.1) is 5.41 Å². The van der Waals surface area contributed by atoms with Crippen LogP contribution in [-0.2, 0) is 20.9 Å². The Morgan fingerprint density at radius 1 is 1.28 bits per heavy atom. The molecule has 0 radical (unpaired) electrons. The maximum Gasteiger partial charge on any atom is 0.319 e. The molecule has 2 aliphatic rings. The Hall–Kier alpha value is -2.93. The van der Waals surface area contributed by atoms with Crippen molar-refractivity contribution in [3.63, 3.8) is 0 Å². The van der Waals surface area contributed by atoms with Gasteiger partial charge in [-0.1, -0.05) is 24.3 Å². The molecule has 0 amide bonds. The SMILES string of the molecule is CC1(C(=O)OC=O)CCN(Cc2ccc(C3COc4cccnc4O3)cc2)CC1. The van der Waals surface area contributed by atoms with Gasteiger partial charge in [-0.2, -0.15) is 0 Å². The highest BCUT2D eigenvalue weighted by Gasteiger charge is 2.38. The number of piperidine rings is 1. The predicted molar refractivity (Wildman–Crippen MR) is 104 cm³/mol. The Morgan fingerprint density at radius 2 is 2.03 bits per heavy atom. The average molecular weight is 396 g/mol. The largest absolute Gasteiger partial charge is 0.484 e. The van der Waals surface area contributed by atoms with E-state index in [0.717, 1.165) is 25.2 Å². The number of hydrogen-bond acceptors (Lipinski definition) is 7. The van der Waals surface area contributed by atoms with Crippen molar-refractivity contribution < 1.29 is 23.8 Å². The molecule has 1 unspecified atom stereocenters. The van der Waals surface area contributed by atoms with Crippen molar-refractivity contribution in [3.05, 3.63) is 53.7 Å². The van der Waals surface area contributed by atoms with E-state index in [9.17, 15) is 9.59 Å². The molecule has 1 fully saturated rings. The number of likely N-dealkylation sites (tertiary alicyclic amines) is 1. The molecule has 1 saturated heterocycles. The maximum absolute atomic E-state index is 12.0. The van der Waals surface area contributed by atoms with Crippen LogP contribution in [0.3, 0.4) is 0 Å². The number of ether oxygens (including phenoxy) is 3.